The van der Waals surface area contributed by atoms with Crippen molar-refractivity contribution >= 4 is 17.8 Å². The van der Waals surface area contributed by atoms with E-state index in [4.69, 9.17) is 5.11 Å². The van der Waals surface area contributed by atoms with Gasteiger partial charge in [0, 0.05) is 13.0 Å². The van der Waals surface area contributed by atoms with Crippen molar-refractivity contribution in [2.45, 2.75) is 76.9 Å². The van der Waals surface area contributed by atoms with Crippen LogP contribution >= 0.6 is 0 Å². The van der Waals surface area contributed by atoms with Crippen molar-refractivity contribution in [2.75, 3.05) is 6.54 Å². The molecule has 0 unspecified atom stereocenters. The first-order chi connectivity index (χ1) is 11.9. The van der Waals surface area contributed by atoms with E-state index < -0.39 is 18.1 Å². The van der Waals surface area contributed by atoms with Crippen LogP contribution in [-0.2, 0) is 9.59 Å². The van der Waals surface area contributed by atoms with Gasteiger partial charge in [0.1, 0.15) is 0 Å². The fourth-order valence-electron chi connectivity index (χ4n) is 2.35. The van der Waals surface area contributed by atoms with Gasteiger partial charge in [0.05, 0.1) is 6.10 Å². The summed E-state index contributed by atoms with van der Waals surface area (Å²) in [6.45, 7) is 5.26. The number of unbranched alkanes of at least 4 members (excludes halogenated alkanes) is 7. The summed E-state index contributed by atoms with van der Waals surface area (Å²) in [5.74, 6) is -1.83. The van der Waals surface area contributed by atoms with Crippen molar-refractivity contribution in [1.82, 2.24) is 5.32 Å². The molecule has 0 aliphatic heterocycles. The zero-order valence-corrected chi connectivity index (χ0v) is 18.1. The zero-order valence-electron chi connectivity index (χ0n) is 16.1. The van der Waals surface area contributed by atoms with E-state index in [0.717, 1.165) is 44.9 Å². The molecule has 0 fully saturated rings. The average molecular weight is 378 g/mol. The predicted octanol–water partition coefficient (Wildman–Crippen LogP) is -1.60. The molecule has 1 amide bonds. The van der Waals surface area contributed by atoms with Crippen LogP contribution in [0.4, 0.5) is 0 Å². The van der Waals surface area contributed by atoms with Crippen molar-refractivity contribution in [3.63, 3.8) is 0 Å². The number of carboxylic acid groups (broad SMARTS) is 1. The van der Waals surface area contributed by atoms with Crippen molar-refractivity contribution < 1.29 is 54.5 Å². The zero-order chi connectivity index (χ0) is 19.1. The van der Waals surface area contributed by atoms with Crippen LogP contribution in [0.5, 0.6) is 0 Å². The van der Waals surface area contributed by atoms with Crippen LogP contribution < -0.4 is 40.0 Å². The van der Waals surface area contributed by atoms with Crippen molar-refractivity contribution in [3.05, 3.63) is 12.7 Å². The average Bonchev–Trinajstić information content (AvgIpc) is 2.56. The topological polar surface area (TPSA) is 122 Å². The molecule has 0 heterocycles. The number of aliphatic hydroxyl groups is 1. The van der Waals surface area contributed by atoms with Crippen molar-refractivity contribution in [3.8, 4) is 0 Å². The summed E-state index contributed by atoms with van der Waals surface area (Å²) in [6, 6.07) is -1.25. The molecule has 8 heteroatoms. The maximum absolute atomic E-state index is 11.6. The second kappa shape index (κ2) is 17.5. The van der Waals surface area contributed by atoms with E-state index in [9.17, 15) is 19.8 Å². The number of aliphatic imine (C=N–C) groups is 1. The van der Waals surface area contributed by atoms with Crippen molar-refractivity contribution in [1.29, 1.82) is 0 Å². The summed E-state index contributed by atoms with van der Waals surface area (Å²) in [5, 5.41) is 31.4. The molecule has 7 nitrogen and oxygen atoms in total. The minimum absolute atomic E-state index is 0. The minimum atomic E-state index is -1.25. The third kappa shape index (κ3) is 15.4. The Labute approximate surface area is 178 Å². The first-order valence-electron chi connectivity index (χ1n) is 8.92. The van der Waals surface area contributed by atoms with Gasteiger partial charge in [-0.05, 0) is 25.7 Å². The van der Waals surface area contributed by atoms with Gasteiger partial charge in [-0.2, -0.15) is 0 Å². The van der Waals surface area contributed by atoms with E-state index in [-0.39, 0.29) is 47.8 Å². The second-order valence-electron chi connectivity index (χ2n) is 6.13. The van der Waals surface area contributed by atoms with Crippen LogP contribution in [-0.4, -0.2) is 46.7 Å². The Kier molecular flexibility index (Phi) is 18.4. The summed E-state index contributed by atoms with van der Waals surface area (Å²) < 4.78 is 0. The van der Waals surface area contributed by atoms with E-state index in [2.05, 4.69) is 16.9 Å². The minimum Gasteiger partial charge on any atom is -0.859 e. The molecule has 0 aromatic rings. The van der Waals surface area contributed by atoms with Gasteiger partial charge in [-0.3, -0.25) is 4.79 Å². The fourth-order valence-corrected chi connectivity index (χ4v) is 2.35. The van der Waals surface area contributed by atoms with Gasteiger partial charge in [0.2, 0.25) is 5.91 Å². The Morgan fingerprint density at radius 1 is 1.12 bits per heavy atom. The molecule has 0 rings (SSSR count). The third-order valence-corrected chi connectivity index (χ3v) is 3.82. The summed E-state index contributed by atoms with van der Waals surface area (Å²) >= 11 is 0. The predicted molar refractivity (Wildman–Crippen MR) is 95.3 cm³/mol. The van der Waals surface area contributed by atoms with E-state index in [1.807, 2.05) is 0 Å². The molecule has 0 saturated carbocycles. The number of nitrogens with one attached hydrogen (secondary N) is 1. The first-order valence-corrected chi connectivity index (χ1v) is 8.92. The van der Waals surface area contributed by atoms with E-state index in [1.165, 1.54) is 13.0 Å². The monoisotopic (exact) mass is 378 g/mol. The number of amides is 1. The second-order valence-corrected chi connectivity index (χ2v) is 6.13. The van der Waals surface area contributed by atoms with E-state index in [1.54, 1.807) is 0 Å². The van der Waals surface area contributed by atoms with Gasteiger partial charge < -0.3 is 25.6 Å². The van der Waals surface area contributed by atoms with Crippen LogP contribution in [0.25, 0.3) is 0 Å². The molecule has 0 aromatic heterocycles. The Morgan fingerprint density at radius 2 is 1.62 bits per heavy atom. The fraction of sp³-hybridized carbons (Fsp3) is 0.722. The summed E-state index contributed by atoms with van der Waals surface area (Å²) in [4.78, 5) is 26.3. The Morgan fingerprint density at radius 3 is 2.08 bits per heavy atom. The third-order valence-electron chi connectivity index (χ3n) is 3.82. The van der Waals surface area contributed by atoms with Gasteiger partial charge in [-0.15, -0.1) is 0 Å². The van der Waals surface area contributed by atoms with Gasteiger partial charge in [-0.1, -0.05) is 51.2 Å². The number of carbonyl (C=O) groups excluding carboxylic acids is 1. The molecule has 3 N–H and O–H groups in total. The molecule has 0 spiro atoms. The normalized spacial score (nSPS) is 13.4. The van der Waals surface area contributed by atoms with E-state index in [0.29, 0.717) is 13.0 Å². The van der Waals surface area contributed by atoms with Gasteiger partial charge in [-0.25, -0.2) is 4.79 Å². The number of hydrogen-bond acceptors (Lipinski definition) is 5. The summed E-state index contributed by atoms with van der Waals surface area (Å²) in [5.41, 5.74) is 0. The number of carboxylic acids is 1. The first kappa shape index (κ1) is 27.3. The Hall–Kier alpha value is -0.890. The van der Waals surface area contributed by atoms with Crippen LogP contribution in [0.15, 0.2) is 17.6 Å². The number of aliphatic carboxylic acids is 1. The number of rotatable bonds is 15. The molecule has 0 aromatic carbocycles. The van der Waals surface area contributed by atoms with Gasteiger partial charge >= 0.3 is 35.5 Å². The SMILES string of the molecule is C=CC([O-])=NCCCCCCCCCCC(=O)N[C@H](C(=O)O)[C@@H](C)O.[Na+]. The summed E-state index contributed by atoms with van der Waals surface area (Å²) in [7, 11) is 0. The number of carbonyl (C=O) groups is 2. The quantitative estimate of drug-likeness (QED) is 0.137. The molecule has 0 aliphatic carbocycles. The molecule has 0 saturated heterocycles. The van der Waals surface area contributed by atoms with Gasteiger partial charge in [0.15, 0.2) is 6.04 Å². The molecular weight excluding hydrogens is 347 g/mol. The largest absolute Gasteiger partial charge is 1.00 e. The smallest absolute Gasteiger partial charge is 0.859 e. The Bertz CT molecular complexity index is 441. The van der Waals surface area contributed by atoms with Gasteiger partial charge in [0.25, 0.3) is 0 Å². The molecule has 0 bridgehead atoms. The van der Waals surface area contributed by atoms with Crippen molar-refractivity contribution in [2.24, 2.45) is 4.99 Å². The Balaban J connectivity index is 0. The molecule has 144 valence electrons. The number of hydrogen-bond donors (Lipinski definition) is 3. The molecule has 0 aliphatic rings. The number of nitrogens with zero attached hydrogens (tertiary/aromatic N) is 1. The van der Waals surface area contributed by atoms with Crippen LogP contribution in [0, 0.1) is 0 Å². The number of aliphatic hydroxyl groups excluding tert-OH is 1. The van der Waals surface area contributed by atoms with Crippen LogP contribution in [0.1, 0.15) is 64.7 Å². The van der Waals surface area contributed by atoms with E-state index >= 15 is 0 Å². The molecule has 0 radical (unpaired) electrons. The summed E-state index contributed by atoms with van der Waals surface area (Å²) in [6.07, 6.45) is 8.30. The van der Waals surface area contributed by atoms with Crippen LogP contribution in [0.3, 0.4) is 0 Å². The maximum Gasteiger partial charge on any atom is 1.00 e. The molecule has 26 heavy (non-hydrogen) atoms. The molecular formula is C18H31N2NaO5. The maximum atomic E-state index is 11.6. The molecule has 2 atom stereocenters. The van der Waals surface area contributed by atoms with Crippen LogP contribution in [0.2, 0.25) is 0 Å². The standard InChI is InChI=1S/C18H32N2O5.Na/c1-3-15(22)19-13-11-9-7-5-4-6-8-10-12-16(23)20-17(14(2)21)18(24)25;/h3,14,17,21H,1,4-13H2,2H3,(H,19,22)(H,20,23)(H,24,25);/q;+1/p-1/t14-,17+;/m1./s1.